The Morgan fingerprint density at radius 2 is 2.16 bits per heavy atom. The first-order chi connectivity index (χ1) is 12.1. The average Bonchev–Trinajstić information content (AvgIpc) is 3.42. The maximum absolute atomic E-state index is 12.6. The highest BCUT2D eigenvalue weighted by Gasteiger charge is 2.24. The molecular weight excluding hydrogens is 340 g/mol. The molecule has 0 unspecified atom stereocenters. The van der Waals surface area contributed by atoms with Crippen LogP contribution in [0.2, 0.25) is 5.02 Å². The van der Waals surface area contributed by atoms with Crippen LogP contribution >= 0.6 is 11.6 Å². The Balaban J connectivity index is 1.69. The number of halogens is 1. The van der Waals surface area contributed by atoms with Crippen LogP contribution in [0.15, 0.2) is 30.5 Å². The fraction of sp³-hybridized carbons (Fsp3) is 0.368. The van der Waals surface area contributed by atoms with Gasteiger partial charge in [0.15, 0.2) is 0 Å². The minimum absolute atomic E-state index is 0.287. The van der Waals surface area contributed by atoms with Gasteiger partial charge in [0.05, 0.1) is 18.7 Å². The molecule has 1 aliphatic rings. The van der Waals surface area contributed by atoms with Crippen molar-refractivity contribution < 1.29 is 14.3 Å². The van der Waals surface area contributed by atoms with Gasteiger partial charge in [-0.25, -0.2) is 4.98 Å². The molecule has 0 radical (unpaired) electrons. The van der Waals surface area contributed by atoms with E-state index in [1.165, 1.54) is 12.8 Å². The number of hydrogen-bond acceptors (Lipinski definition) is 4. The van der Waals surface area contributed by atoms with E-state index in [-0.39, 0.29) is 11.5 Å². The van der Waals surface area contributed by atoms with Crippen molar-refractivity contribution in [1.82, 2.24) is 10.3 Å². The summed E-state index contributed by atoms with van der Waals surface area (Å²) in [6, 6.07) is 7.38. The summed E-state index contributed by atoms with van der Waals surface area (Å²) in [7, 11) is 1.64. The van der Waals surface area contributed by atoms with E-state index in [2.05, 4.69) is 10.3 Å². The van der Waals surface area contributed by atoms with Gasteiger partial charge >= 0.3 is 0 Å². The zero-order valence-electron chi connectivity index (χ0n) is 14.3. The third-order valence-corrected chi connectivity index (χ3v) is 4.47. The first kappa shape index (κ1) is 17.5. The molecule has 0 spiro atoms. The van der Waals surface area contributed by atoms with E-state index in [1.54, 1.807) is 19.4 Å². The van der Waals surface area contributed by atoms with E-state index < -0.39 is 0 Å². The van der Waals surface area contributed by atoms with Gasteiger partial charge in [0.2, 0.25) is 5.88 Å². The Labute approximate surface area is 152 Å². The summed E-state index contributed by atoms with van der Waals surface area (Å²) < 4.78 is 10.9. The lowest BCUT2D eigenvalue weighted by Gasteiger charge is -2.12. The Bertz CT molecular complexity index is 775. The molecule has 1 fully saturated rings. The van der Waals surface area contributed by atoms with E-state index >= 15 is 0 Å². The number of pyridine rings is 1. The molecule has 132 valence electrons. The smallest absolute Gasteiger partial charge is 0.258 e. The van der Waals surface area contributed by atoms with Crippen LogP contribution in [0.4, 0.5) is 0 Å². The first-order valence-corrected chi connectivity index (χ1v) is 8.65. The van der Waals surface area contributed by atoms with Gasteiger partial charge in [-0.3, -0.25) is 4.79 Å². The second-order valence-electron chi connectivity index (χ2n) is 6.21. The number of benzene rings is 1. The summed E-state index contributed by atoms with van der Waals surface area (Å²) in [5.74, 6) is 1.39. The molecule has 25 heavy (non-hydrogen) atoms. The predicted molar refractivity (Wildman–Crippen MR) is 96.4 cm³/mol. The molecule has 1 saturated carbocycles. The molecule has 1 aromatic heterocycles. The monoisotopic (exact) mass is 360 g/mol. The van der Waals surface area contributed by atoms with E-state index in [0.29, 0.717) is 30.0 Å². The molecule has 1 N–H and O–H groups in total. The predicted octanol–water partition coefficient (Wildman–Crippen LogP) is 3.77. The number of amides is 1. The van der Waals surface area contributed by atoms with Gasteiger partial charge in [0, 0.05) is 12.7 Å². The minimum atomic E-state index is -0.294. The van der Waals surface area contributed by atoms with Gasteiger partial charge in [-0.15, -0.1) is 0 Å². The minimum Gasteiger partial charge on any atom is -0.496 e. The van der Waals surface area contributed by atoms with Crippen LogP contribution in [-0.4, -0.2) is 24.6 Å². The summed E-state index contributed by atoms with van der Waals surface area (Å²) in [6.45, 7) is 2.92. The summed E-state index contributed by atoms with van der Waals surface area (Å²) >= 11 is 6.20. The third-order valence-electron chi connectivity index (χ3n) is 4.16. The van der Waals surface area contributed by atoms with Crippen LogP contribution in [0.3, 0.4) is 0 Å². The molecule has 0 bridgehead atoms. The molecule has 0 saturated heterocycles. The number of carbonyl (C=O) groups is 1. The van der Waals surface area contributed by atoms with Crippen LogP contribution in [0.25, 0.3) is 0 Å². The molecule has 1 amide bonds. The van der Waals surface area contributed by atoms with Crippen molar-refractivity contribution in [2.24, 2.45) is 5.92 Å². The maximum atomic E-state index is 12.6. The van der Waals surface area contributed by atoms with Crippen molar-refractivity contribution in [3.63, 3.8) is 0 Å². The van der Waals surface area contributed by atoms with Crippen LogP contribution in [0.5, 0.6) is 11.6 Å². The van der Waals surface area contributed by atoms with Gasteiger partial charge in [0.25, 0.3) is 5.91 Å². The number of carbonyl (C=O) groups excluding carboxylic acids is 1. The molecule has 5 nitrogen and oxygen atoms in total. The van der Waals surface area contributed by atoms with Crippen LogP contribution in [0.1, 0.15) is 34.3 Å². The molecule has 6 heteroatoms. The second kappa shape index (κ2) is 7.74. The number of nitrogens with one attached hydrogen (secondary N) is 1. The Morgan fingerprint density at radius 1 is 1.36 bits per heavy atom. The lowest BCUT2D eigenvalue weighted by molar-refractivity contribution is 0.0945. The lowest BCUT2D eigenvalue weighted by Crippen LogP contribution is -2.24. The average molecular weight is 361 g/mol. The van der Waals surface area contributed by atoms with E-state index in [0.717, 1.165) is 16.9 Å². The summed E-state index contributed by atoms with van der Waals surface area (Å²) in [4.78, 5) is 16.8. The van der Waals surface area contributed by atoms with Crippen molar-refractivity contribution in [2.45, 2.75) is 26.3 Å². The van der Waals surface area contributed by atoms with Crippen LogP contribution in [0, 0.1) is 12.8 Å². The number of nitrogens with zero attached hydrogens (tertiary/aromatic N) is 1. The molecular formula is C19H21ClN2O3. The number of rotatable bonds is 7. The van der Waals surface area contributed by atoms with Crippen LogP contribution in [-0.2, 0) is 6.54 Å². The van der Waals surface area contributed by atoms with E-state index in [4.69, 9.17) is 21.1 Å². The van der Waals surface area contributed by atoms with Crippen LogP contribution < -0.4 is 14.8 Å². The van der Waals surface area contributed by atoms with Gasteiger partial charge in [-0.2, -0.15) is 0 Å². The van der Waals surface area contributed by atoms with Crippen molar-refractivity contribution in [3.05, 3.63) is 52.2 Å². The van der Waals surface area contributed by atoms with Gasteiger partial charge in [-0.05, 0) is 48.9 Å². The molecule has 2 aromatic rings. The Morgan fingerprint density at radius 3 is 2.84 bits per heavy atom. The fourth-order valence-electron chi connectivity index (χ4n) is 2.54. The molecule has 0 aliphatic heterocycles. The normalized spacial score (nSPS) is 13.4. The maximum Gasteiger partial charge on any atom is 0.258 e. The first-order valence-electron chi connectivity index (χ1n) is 8.27. The number of aryl methyl sites for hydroxylation is 1. The van der Waals surface area contributed by atoms with E-state index in [9.17, 15) is 4.79 Å². The quantitative estimate of drug-likeness (QED) is 0.816. The summed E-state index contributed by atoms with van der Waals surface area (Å²) in [5, 5.41) is 3.22. The highest BCUT2D eigenvalue weighted by molar-refractivity contribution is 6.34. The van der Waals surface area contributed by atoms with Gasteiger partial charge in [0.1, 0.15) is 11.3 Å². The number of hydrogen-bond donors (Lipinski definition) is 1. The SMILES string of the molecule is COc1ccc(CNC(=O)c2c(Cl)ccnc2OCC2CC2)cc1C. The highest BCUT2D eigenvalue weighted by atomic mass is 35.5. The number of methoxy groups -OCH3 is 1. The third kappa shape index (κ3) is 4.42. The Kier molecular flexibility index (Phi) is 5.43. The zero-order valence-corrected chi connectivity index (χ0v) is 15.1. The largest absolute Gasteiger partial charge is 0.496 e. The van der Waals surface area contributed by atoms with E-state index in [1.807, 2.05) is 25.1 Å². The standard InChI is InChI=1S/C19H21ClN2O3/c1-12-9-14(5-6-16(12)24-2)10-22-18(23)17-15(20)7-8-21-19(17)25-11-13-3-4-13/h5-9,13H,3-4,10-11H2,1-2H3,(H,22,23). The molecule has 0 atom stereocenters. The fourth-order valence-corrected chi connectivity index (χ4v) is 2.76. The van der Waals surface area contributed by atoms with Gasteiger partial charge in [-0.1, -0.05) is 23.7 Å². The second-order valence-corrected chi connectivity index (χ2v) is 6.62. The molecule has 1 aromatic carbocycles. The summed E-state index contributed by atoms with van der Waals surface area (Å²) in [5.41, 5.74) is 2.28. The van der Waals surface area contributed by atoms with Crippen molar-refractivity contribution in [2.75, 3.05) is 13.7 Å². The van der Waals surface area contributed by atoms with Crippen molar-refractivity contribution in [1.29, 1.82) is 0 Å². The Hall–Kier alpha value is -2.27. The number of ether oxygens (including phenoxy) is 2. The lowest BCUT2D eigenvalue weighted by atomic mass is 10.1. The molecule has 1 aliphatic carbocycles. The zero-order chi connectivity index (χ0) is 17.8. The molecule has 3 rings (SSSR count). The van der Waals surface area contributed by atoms with Gasteiger partial charge < -0.3 is 14.8 Å². The van der Waals surface area contributed by atoms with Crippen molar-refractivity contribution in [3.8, 4) is 11.6 Å². The topological polar surface area (TPSA) is 60.5 Å². The van der Waals surface area contributed by atoms with Crippen molar-refractivity contribution >= 4 is 17.5 Å². The molecule has 1 heterocycles. The number of aromatic nitrogens is 1. The summed E-state index contributed by atoms with van der Waals surface area (Å²) in [6.07, 6.45) is 3.88. The highest BCUT2D eigenvalue weighted by Crippen LogP contribution is 2.31.